The molecular formula is C18H21N3O5. The van der Waals surface area contributed by atoms with E-state index in [1.54, 1.807) is 0 Å². The Kier molecular flexibility index (Phi) is 6.51. The van der Waals surface area contributed by atoms with Gasteiger partial charge in [-0.05, 0) is 19.7 Å². The summed E-state index contributed by atoms with van der Waals surface area (Å²) in [5.41, 5.74) is 0.613. The number of hydrogen-bond acceptors (Lipinski definition) is 6. The molecule has 2 rings (SSSR count). The Balaban J connectivity index is 2.31. The van der Waals surface area contributed by atoms with Gasteiger partial charge in [-0.25, -0.2) is 4.79 Å². The van der Waals surface area contributed by atoms with Crippen LogP contribution >= 0.6 is 0 Å². The summed E-state index contributed by atoms with van der Waals surface area (Å²) in [4.78, 5) is 24.1. The van der Waals surface area contributed by atoms with Crippen LogP contribution in [0.25, 0.3) is 0 Å². The average Bonchev–Trinajstić information content (AvgIpc) is 2.60. The molecule has 8 heteroatoms. The molecule has 0 aliphatic carbocycles. The molecule has 0 saturated heterocycles. The smallest absolute Gasteiger partial charge is 0.339 e. The highest BCUT2D eigenvalue weighted by Gasteiger charge is 2.22. The molecule has 2 aromatic carbocycles. The van der Waals surface area contributed by atoms with Gasteiger partial charge in [0.1, 0.15) is 23.6 Å². The maximum atomic E-state index is 11.5. The van der Waals surface area contributed by atoms with Crippen molar-refractivity contribution in [2.45, 2.75) is 6.54 Å². The van der Waals surface area contributed by atoms with E-state index in [1.165, 1.54) is 6.07 Å². The van der Waals surface area contributed by atoms with Crippen LogP contribution in [0.4, 0.5) is 11.4 Å². The van der Waals surface area contributed by atoms with Crippen LogP contribution in [0, 0.1) is 10.1 Å². The topological polar surface area (TPSA) is 105 Å². The van der Waals surface area contributed by atoms with Crippen LogP contribution in [0.2, 0.25) is 0 Å². The second-order valence-electron chi connectivity index (χ2n) is 5.92. The number of nitrogens with zero attached hydrogens (tertiary/aromatic N) is 2. The summed E-state index contributed by atoms with van der Waals surface area (Å²) in [6, 6.07) is 11.8. The summed E-state index contributed by atoms with van der Waals surface area (Å²) in [6.07, 6.45) is 0. The average molecular weight is 359 g/mol. The first-order chi connectivity index (χ1) is 12.4. The molecule has 0 saturated carbocycles. The number of carboxylic acids is 1. The molecule has 0 heterocycles. The lowest BCUT2D eigenvalue weighted by Gasteiger charge is -2.15. The van der Waals surface area contributed by atoms with Gasteiger partial charge >= 0.3 is 5.97 Å². The standard InChI is InChI=1S/C18H21N3O5/c1-20(2)8-9-26-17-11-15(19-12-13-6-4-3-5-7-13)16(21(24)25)10-14(17)18(22)23/h3-7,10-11,19H,8-9,12H2,1-2H3,(H,22,23). The van der Waals surface area contributed by atoms with E-state index in [0.717, 1.165) is 11.6 Å². The number of rotatable bonds is 9. The van der Waals surface area contributed by atoms with Gasteiger partial charge in [0.2, 0.25) is 0 Å². The van der Waals surface area contributed by atoms with Crippen molar-refractivity contribution in [1.29, 1.82) is 0 Å². The van der Waals surface area contributed by atoms with Crippen molar-refractivity contribution in [3.05, 3.63) is 63.7 Å². The Bertz CT molecular complexity index is 778. The van der Waals surface area contributed by atoms with Crippen LogP contribution in [0.5, 0.6) is 5.75 Å². The van der Waals surface area contributed by atoms with Crippen LogP contribution in [-0.2, 0) is 6.54 Å². The fraction of sp³-hybridized carbons (Fsp3) is 0.278. The molecular weight excluding hydrogens is 338 g/mol. The van der Waals surface area contributed by atoms with Gasteiger partial charge in [-0.3, -0.25) is 10.1 Å². The van der Waals surface area contributed by atoms with E-state index in [1.807, 2.05) is 49.3 Å². The number of anilines is 1. The summed E-state index contributed by atoms with van der Waals surface area (Å²) in [5.74, 6) is -1.18. The van der Waals surface area contributed by atoms with Crippen LogP contribution in [0.1, 0.15) is 15.9 Å². The second-order valence-corrected chi connectivity index (χ2v) is 5.92. The SMILES string of the molecule is CN(C)CCOc1cc(NCc2ccccc2)c([N+](=O)[O-])cc1C(=O)O. The minimum atomic E-state index is -1.28. The molecule has 0 amide bonds. The third-order valence-electron chi connectivity index (χ3n) is 3.65. The van der Waals surface area contributed by atoms with Crippen molar-refractivity contribution < 1.29 is 19.6 Å². The number of aromatic carboxylic acids is 1. The van der Waals surface area contributed by atoms with E-state index < -0.39 is 10.9 Å². The molecule has 2 N–H and O–H groups in total. The quantitative estimate of drug-likeness (QED) is 0.524. The molecule has 0 aromatic heterocycles. The number of nitro benzene ring substituents is 1. The number of carboxylic acid groups (broad SMARTS) is 1. The molecule has 0 fully saturated rings. The molecule has 0 aliphatic rings. The minimum Gasteiger partial charge on any atom is -0.491 e. The monoisotopic (exact) mass is 359 g/mol. The maximum absolute atomic E-state index is 11.5. The molecule has 0 aliphatic heterocycles. The summed E-state index contributed by atoms with van der Waals surface area (Å²) in [7, 11) is 3.73. The van der Waals surface area contributed by atoms with E-state index in [2.05, 4.69) is 5.32 Å². The third-order valence-corrected chi connectivity index (χ3v) is 3.65. The predicted octanol–water partition coefficient (Wildman–Crippen LogP) is 2.85. The third kappa shape index (κ3) is 5.18. The first-order valence-corrected chi connectivity index (χ1v) is 7.99. The number of hydrogen-bond donors (Lipinski definition) is 2. The van der Waals surface area contributed by atoms with Crippen molar-refractivity contribution in [1.82, 2.24) is 4.90 Å². The Labute approximate surface area is 151 Å². The summed E-state index contributed by atoms with van der Waals surface area (Å²) < 4.78 is 5.55. The molecule has 0 unspecified atom stereocenters. The molecule has 0 atom stereocenters. The van der Waals surface area contributed by atoms with Crippen molar-refractivity contribution in [3.63, 3.8) is 0 Å². The second kappa shape index (κ2) is 8.82. The van der Waals surface area contributed by atoms with Gasteiger partial charge in [0, 0.05) is 25.2 Å². The van der Waals surface area contributed by atoms with Crippen LogP contribution in [0.15, 0.2) is 42.5 Å². The fourth-order valence-corrected chi connectivity index (χ4v) is 2.28. The minimum absolute atomic E-state index is 0.0977. The highest BCUT2D eigenvalue weighted by atomic mass is 16.6. The van der Waals surface area contributed by atoms with Crippen LogP contribution in [0.3, 0.4) is 0 Å². The maximum Gasteiger partial charge on any atom is 0.339 e. The lowest BCUT2D eigenvalue weighted by atomic mass is 10.1. The van der Waals surface area contributed by atoms with Gasteiger partial charge in [-0.2, -0.15) is 0 Å². The Morgan fingerprint density at radius 1 is 1.27 bits per heavy atom. The zero-order valence-corrected chi connectivity index (χ0v) is 14.6. The first-order valence-electron chi connectivity index (χ1n) is 7.99. The van der Waals surface area contributed by atoms with E-state index in [4.69, 9.17) is 4.74 Å². The number of carbonyl (C=O) groups is 1. The number of benzene rings is 2. The summed E-state index contributed by atoms with van der Waals surface area (Å²) in [5, 5.41) is 23.7. The summed E-state index contributed by atoms with van der Waals surface area (Å²) in [6.45, 7) is 1.22. The molecule has 2 aromatic rings. The molecule has 0 bridgehead atoms. The number of likely N-dealkylation sites (N-methyl/N-ethyl adjacent to an activating group) is 1. The fourth-order valence-electron chi connectivity index (χ4n) is 2.28. The van der Waals surface area contributed by atoms with E-state index in [9.17, 15) is 20.0 Å². The number of nitro groups is 1. The van der Waals surface area contributed by atoms with E-state index in [-0.39, 0.29) is 29.3 Å². The first kappa shape index (κ1) is 19.2. The van der Waals surface area contributed by atoms with Crippen molar-refractivity contribution in [2.75, 3.05) is 32.6 Å². The van der Waals surface area contributed by atoms with Gasteiger partial charge in [0.05, 0.1) is 4.92 Å². The molecule has 8 nitrogen and oxygen atoms in total. The molecule has 0 radical (unpaired) electrons. The zero-order chi connectivity index (χ0) is 19.1. The number of nitrogens with one attached hydrogen (secondary N) is 1. The Morgan fingerprint density at radius 2 is 1.96 bits per heavy atom. The number of ether oxygens (including phenoxy) is 1. The van der Waals surface area contributed by atoms with Crippen molar-refractivity contribution in [3.8, 4) is 5.75 Å². The van der Waals surface area contributed by atoms with E-state index >= 15 is 0 Å². The molecule has 26 heavy (non-hydrogen) atoms. The van der Waals surface area contributed by atoms with E-state index in [0.29, 0.717) is 13.1 Å². The van der Waals surface area contributed by atoms with Gasteiger partial charge < -0.3 is 20.1 Å². The Hall–Kier alpha value is -3.13. The van der Waals surface area contributed by atoms with Gasteiger partial charge in [0.25, 0.3) is 5.69 Å². The highest BCUT2D eigenvalue weighted by Crippen LogP contribution is 2.33. The highest BCUT2D eigenvalue weighted by molar-refractivity contribution is 5.93. The molecule has 0 spiro atoms. The largest absolute Gasteiger partial charge is 0.491 e. The zero-order valence-electron chi connectivity index (χ0n) is 14.6. The normalized spacial score (nSPS) is 10.6. The van der Waals surface area contributed by atoms with Crippen molar-refractivity contribution >= 4 is 17.3 Å². The Morgan fingerprint density at radius 3 is 2.54 bits per heavy atom. The lowest BCUT2D eigenvalue weighted by Crippen LogP contribution is -2.20. The van der Waals surface area contributed by atoms with Gasteiger partial charge in [-0.15, -0.1) is 0 Å². The summed E-state index contributed by atoms with van der Waals surface area (Å²) >= 11 is 0. The van der Waals surface area contributed by atoms with Gasteiger partial charge in [0.15, 0.2) is 0 Å². The lowest BCUT2D eigenvalue weighted by molar-refractivity contribution is -0.384. The van der Waals surface area contributed by atoms with Crippen molar-refractivity contribution in [2.24, 2.45) is 0 Å². The van der Waals surface area contributed by atoms with Crippen LogP contribution in [-0.4, -0.2) is 48.1 Å². The predicted molar refractivity (Wildman–Crippen MR) is 97.9 cm³/mol. The van der Waals surface area contributed by atoms with Crippen LogP contribution < -0.4 is 10.1 Å². The molecule has 138 valence electrons. The van der Waals surface area contributed by atoms with Gasteiger partial charge in [-0.1, -0.05) is 30.3 Å².